The van der Waals surface area contributed by atoms with Gasteiger partial charge in [-0.15, -0.1) is 0 Å². The van der Waals surface area contributed by atoms with E-state index in [0.717, 1.165) is 11.1 Å². The van der Waals surface area contributed by atoms with Crippen molar-refractivity contribution in [1.29, 1.82) is 0 Å². The normalized spacial score (nSPS) is 10.5. The Labute approximate surface area is 197 Å². The number of esters is 1. The molecular weight excluding hydrogens is 434 g/mol. The standard InChI is InChI=1S/C26H27N3O5/c1-15-9-11-18(12-10-15)14-27-25(32)19-7-5-6-8-20(19)28-22(31)13-21-23(26(33)34-4)16(2)24(29-21)17(3)30/h5-12,29H,13-14H2,1-4H3,(H,27,32)(H,28,31). The lowest BCUT2D eigenvalue weighted by Gasteiger charge is -2.12. The number of ether oxygens (including phenoxy) is 1. The highest BCUT2D eigenvalue weighted by molar-refractivity contribution is 6.05. The van der Waals surface area contributed by atoms with E-state index in [-0.39, 0.29) is 35.1 Å². The number of nitrogens with one attached hydrogen (secondary N) is 3. The van der Waals surface area contributed by atoms with Gasteiger partial charge in [0.15, 0.2) is 5.78 Å². The first-order valence-corrected chi connectivity index (χ1v) is 10.7. The van der Waals surface area contributed by atoms with Gasteiger partial charge in [-0.1, -0.05) is 42.0 Å². The number of carbonyl (C=O) groups is 4. The predicted molar refractivity (Wildman–Crippen MR) is 128 cm³/mol. The van der Waals surface area contributed by atoms with Crippen molar-refractivity contribution in [1.82, 2.24) is 10.3 Å². The number of ketones is 1. The number of Topliss-reactive ketones (excluding diaryl/α,β-unsaturated/α-hetero) is 1. The molecule has 176 valence electrons. The molecule has 0 radical (unpaired) electrons. The maximum atomic E-state index is 12.8. The van der Waals surface area contributed by atoms with E-state index in [2.05, 4.69) is 15.6 Å². The summed E-state index contributed by atoms with van der Waals surface area (Å²) < 4.78 is 4.82. The third kappa shape index (κ3) is 5.58. The topological polar surface area (TPSA) is 117 Å². The summed E-state index contributed by atoms with van der Waals surface area (Å²) in [5, 5.41) is 5.59. The van der Waals surface area contributed by atoms with E-state index in [1.807, 2.05) is 31.2 Å². The SMILES string of the molecule is COC(=O)c1c(CC(=O)Nc2ccccc2C(=O)NCc2ccc(C)cc2)[nH]c(C(C)=O)c1C. The summed E-state index contributed by atoms with van der Waals surface area (Å²) in [6.45, 7) is 5.33. The van der Waals surface area contributed by atoms with Gasteiger partial charge in [0.1, 0.15) is 0 Å². The van der Waals surface area contributed by atoms with Crippen LogP contribution in [0.5, 0.6) is 0 Å². The quantitative estimate of drug-likeness (QED) is 0.349. The van der Waals surface area contributed by atoms with Crippen molar-refractivity contribution in [2.45, 2.75) is 33.7 Å². The molecule has 8 nitrogen and oxygen atoms in total. The van der Waals surface area contributed by atoms with E-state index in [4.69, 9.17) is 4.74 Å². The van der Waals surface area contributed by atoms with E-state index >= 15 is 0 Å². The number of anilines is 1. The molecule has 0 saturated carbocycles. The lowest BCUT2D eigenvalue weighted by Crippen LogP contribution is -2.25. The van der Waals surface area contributed by atoms with Crippen molar-refractivity contribution in [3.8, 4) is 0 Å². The molecule has 0 unspecified atom stereocenters. The number of carbonyl (C=O) groups excluding carboxylic acids is 4. The summed E-state index contributed by atoms with van der Waals surface area (Å²) in [5.41, 5.74) is 3.84. The molecule has 3 rings (SSSR count). The number of aromatic nitrogens is 1. The number of rotatable bonds is 8. The summed E-state index contributed by atoms with van der Waals surface area (Å²) >= 11 is 0. The lowest BCUT2D eigenvalue weighted by atomic mass is 10.1. The van der Waals surface area contributed by atoms with Crippen LogP contribution in [-0.2, 0) is 22.5 Å². The molecule has 34 heavy (non-hydrogen) atoms. The minimum Gasteiger partial charge on any atom is -0.465 e. The molecule has 3 N–H and O–H groups in total. The Bertz CT molecular complexity index is 1240. The van der Waals surface area contributed by atoms with Crippen LogP contribution in [0.3, 0.4) is 0 Å². The number of H-pyrrole nitrogens is 1. The van der Waals surface area contributed by atoms with Crippen LogP contribution in [0, 0.1) is 13.8 Å². The number of methoxy groups -OCH3 is 1. The first-order valence-electron chi connectivity index (χ1n) is 10.7. The van der Waals surface area contributed by atoms with Crippen LogP contribution >= 0.6 is 0 Å². The van der Waals surface area contributed by atoms with Crippen molar-refractivity contribution < 1.29 is 23.9 Å². The molecule has 2 amide bonds. The third-order valence-corrected chi connectivity index (χ3v) is 5.43. The molecule has 1 heterocycles. The molecule has 8 heteroatoms. The van der Waals surface area contributed by atoms with E-state index in [1.165, 1.54) is 14.0 Å². The van der Waals surface area contributed by atoms with Crippen molar-refractivity contribution in [2.24, 2.45) is 0 Å². The fourth-order valence-corrected chi connectivity index (χ4v) is 3.65. The highest BCUT2D eigenvalue weighted by Gasteiger charge is 2.24. The first-order chi connectivity index (χ1) is 16.2. The minimum absolute atomic E-state index is 0.159. The Balaban J connectivity index is 1.76. The Kier molecular flexibility index (Phi) is 7.63. The summed E-state index contributed by atoms with van der Waals surface area (Å²) in [6, 6.07) is 14.5. The summed E-state index contributed by atoms with van der Waals surface area (Å²) in [7, 11) is 1.23. The average molecular weight is 462 g/mol. The van der Waals surface area contributed by atoms with Gasteiger partial charge in [-0.05, 0) is 37.1 Å². The molecular formula is C26H27N3O5. The maximum Gasteiger partial charge on any atom is 0.339 e. The van der Waals surface area contributed by atoms with E-state index in [9.17, 15) is 19.2 Å². The molecule has 0 aliphatic carbocycles. The monoisotopic (exact) mass is 461 g/mol. The predicted octanol–water partition coefficient (Wildman–Crippen LogP) is 3.73. The van der Waals surface area contributed by atoms with Gasteiger partial charge < -0.3 is 20.4 Å². The highest BCUT2D eigenvalue weighted by atomic mass is 16.5. The minimum atomic E-state index is -0.639. The fraction of sp³-hybridized carbons (Fsp3) is 0.231. The number of amides is 2. The van der Waals surface area contributed by atoms with Crippen LogP contribution in [-0.4, -0.2) is 35.7 Å². The Morgan fingerprint density at radius 2 is 1.65 bits per heavy atom. The number of aryl methyl sites for hydroxylation is 1. The number of hydrogen-bond acceptors (Lipinski definition) is 5. The Hall–Kier alpha value is -4.20. The molecule has 2 aromatic carbocycles. The second kappa shape index (κ2) is 10.6. The second-order valence-electron chi connectivity index (χ2n) is 7.97. The number of benzene rings is 2. The van der Waals surface area contributed by atoms with E-state index in [0.29, 0.717) is 23.4 Å². The summed E-state index contributed by atoms with van der Waals surface area (Å²) in [5.74, 6) is -1.69. The highest BCUT2D eigenvalue weighted by Crippen LogP contribution is 2.22. The second-order valence-corrected chi connectivity index (χ2v) is 7.97. The largest absolute Gasteiger partial charge is 0.465 e. The van der Waals surface area contributed by atoms with Crippen LogP contribution < -0.4 is 10.6 Å². The van der Waals surface area contributed by atoms with Gasteiger partial charge in [-0.3, -0.25) is 14.4 Å². The van der Waals surface area contributed by atoms with Crippen molar-refractivity contribution in [3.63, 3.8) is 0 Å². The van der Waals surface area contributed by atoms with Gasteiger partial charge in [0, 0.05) is 19.2 Å². The first kappa shape index (κ1) is 24.4. The smallest absolute Gasteiger partial charge is 0.339 e. The van der Waals surface area contributed by atoms with Gasteiger partial charge in [0.2, 0.25) is 5.91 Å². The van der Waals surface area contributed by atoms with Crippen LogP contribution in [0.4, 0.5) is 5.69 Å². The lowest BCUT2D eigenvalue weighted by molar-refractivity contribution is -0.115. The molecule has 0 aliphatic heterocycles. The van der Waals surface area contributed by atoms with Crippen molar-refractivity contribution in [3.05, 3.63) is 87.7 Å². The van der Waals surface area contributed by atoms with Crippen LogP contribution in [0.25, 0.3) is 0 Å². The van der Waals surface area contributed by atoms with Gasteiger partial charge in [-0.25, -0.2) is 4.79 Å². The van der Waals surface area contributed by atoms with E-state index in [1.54, 1.807) is 31.2 Å². The number of para-hydroxylation sites is 1. The molecule has 0 bridgehead atoms. The maximum absolute atomic E-state index is 12.8. The molecule has 0 atom stereocenters. The molecule has 0 saturated heterocycles. The zero-order valence-electron chi connectivity index (χ0n) is 19.6. The average Bonchev–Trinajstić information content (AvgIpc) is 3.14. The molecule has 1 aromatic heterocycles. The third-order valence-electron chi connectivity index (χ3n) is 5.43. The van der Waals surface area contributed by atoms with Gasteiger partial charge in [-0.2, -0.15) is 0 Å². The van der Waals surface area contributed by atoms with E-state index < -0.39 is 11.9 Å². The van der Waals surface area contributed by atoms with Crippen molar-refractivity contribution >= 4 is 29.3 Å². The summed E-state index contributed by atoms with van der Waals surface area (Å²) in [4.78, 5) is 52.6. The fourth-order valence-electron chi connectivity index (χ4n) is 3.65. The van der Waals surface area contributed by atoms with Crippen LogP contribution in [0.1, 0.15) is 60.5 Å². The van der Waals surface area contributed by atoms with Crippen LogP contribution in [0.2, 0.25) is 0 Å². The molecule has 0 aliphatic rings. The molecule has 0 fully saturated rings. The number of hydrogen-bond donors (Lipinski definition) is 3. The zero-order chi connectivity index (χ0) is 24.8. The van der Waals surface area contributed by atoms with Gasteiger partial charge in [0.25, 0.3) is 5.91 Å². The van der Waals surface area contributed by atoms with Gasteiger partial charge in [0.05, 0.1) is 36.0 Å². The Morgan fingerprint density at radius 3 is 2.29 bits per heavy atom. The summed E-state index contributed by atoms with van der Waals surface area (Å²) in [6.07, 6.45) is -0.210. The Morgan fingerprint density at radius 1 is 0.971 bits per heavy atom. The van der Waals surface area contributed by atoms with Crippen LogP contribution in [0.15, 0.2) is 48.5 Å². The molecule has 3 aromatic rings. The number of aromatic amines is 1. The van der Waals surface area contributed by atoms with Gasteiger partial charge >= 0.3 is 5.97 Å². The molecule has 0 spiro atoms. The zero-order valence-corrected chi connectivity index (χ0v) is 19.6. The van der Waals surface area contributed by atoms with Crippen molar-refractivity contribution in [2.75, 3.05) is 12.4 Å².